The molecular formula is C83H83Cl6F6N19O15. The first-order valence-electron chi connectivity index (χ1n) is 38.6. The van der Waals surface area contributed by atoms with Crippen LogP contribution in [-0.4, -0.2) is 140 Å². The number of carboxylic acid groups (broad SMARTS) is 1. The highest BCUT2D eigenvalue weighted by molar-refractivity contribution is 6.35. The highest BCUT2D eigenvalue weighted by Gasteiger charge is 2.31. The van der Waals surface area contributed by atoms with Gasteiger partial charge in [0, 0.05) is 90.5 Å². The molecule has 1 aliphatic heterocycles. The van der Waals surface area contributed by atoms with Crippen LogP contribution in [0.4, 0.5) is 60.5 Å². The predicted molar refractivity (Wildman–Crippen MR) is 479 cm³/mol. The Labute approximate surface area is 759 Å². The van der Waals surface area contributed by atoms with Crippen molar-refractivity contribution in [3.63, 3.8) is 0 Å². The summed E-state index contributed by atoms with van der Waals surface area (Å²) in [6.45, 7) is 15.8. The van der Waals surface area contributed by atoms with Crippen LogP contribution >= 0.6 is 69.6 Å². The molecule has 14 rings (SSSR count). The number of pyridine rings is 7. The molecule has 0 saturated heterocycles. The van der Waals surface area contributed by atoms with Gasteiger partial charge in [-0.05, 0) is 145 Å². The number of nitrogens with zero attached hydrogens (tertiary/aromatic N) is 16. The number of anilines is 4. The second-order valence-electron chi connectivity index (χ2n) is 28.9. The number of ether oxygens (including phenoxy) is 4. The molecule has 1 aliphatic rings. The van der Waals surface area contributed by atoms with Crippen LogP contribution in [0.5, 0.6) is 17.2 Å². The second kappa shape index (κ2) is 45.5. The van der Waals surface area contributed by atoms with Gasteiger partial charge in [0.25, 0.3) is 0 Å². The first kappa shape index (κ1) is 101. The summed E-state index contributed by atoms with van der Waals surface area (Å²) >= 11 is 33.9. The van der Waals surface area contributed by atoms with Crippen LogP contribution in [-0.2, 0) is 16.0 Å². The lowest BCUT2D eigenvalue weighted by Gasteiger charge is -2.21. The Morgan fingerprint density at radius 3 is 1.23 bits per heavy atom. The van der Waals surface area contributed by atoms with E-state index in [0.717, 1.165) is 29.3 Å². The van der Waals surface area contributed by atoms with E-state index in [0.29, 0.717) is 84.3 Å². The number of carbonyl (C=O) groups excluding carboxylic acids is 2. The van der Waals surface area contributed by atoms with Crippen molar-refractivity contribution in [2.24, 2.45) is 0 Å². The van der Waals surface area contributed by atoms with Crippen LogP contribution in [0.3, 0.4) is 0 Å². The third-order valence-corrected chi connectivity index (χ3v) is 18.9. The number of esters is 1. The van der Waals surface area contributed by atoms with E-state index < -0.39 is 47.3 Å². The fraction of sp³-hybridized carbons (Fsp3) is 0.289. The number of nitrogen functional groups attached to an aromatic ring is 1. The number of nitro groups is 2. The number of aromatic carboxylic acids is 1. The molecule has 0 spiro atoms. The highest BCUT2D eigenvalue weighted by Crippen LogP contribution is 2.34. The molecule has 0 atom stereocenters. The monoisotopic (exact) mass is 1910 g/mol. The summed E-state index contributed by atoms with van der Waals surface area (Å²) in [6.07, 6.45) is 9.99. The Balaban J connectivity index is 0.000000191. The Hall–Kier alpha value is -13.2. The van der Waals surface area contributed by atoms with Crippen molar-refractivity contribution in [3.05, 3.63) is 258 Å². The van der Waals surface area contributed by atoms with E-state index in [-0.39, 0.29) is 115 Å². The van der Waals surface area contributed by atoms with Gasteiger partial charge in [0.2, 0.25) is 5.91 Å². The van der Waals surface area contributed by atoms with Crippen LogP contribution in [0.1, 0.15) is 135 Å². The van der Waals surface area contributed by atoms with Crippen molar-refractivity contribution in [3.8, 4) is 34.3 Å². The van der Waals surface area contributed by atoms with Gasteiger partial charge in [-0.1, -0.05) is 87.8 Å². The molecule has 10 aromatic heterocycles. The number of amides is 1. The Bertz CT molecular complexity index is 6410. The lowest BCUT2D eigenvalue weighted by Crippen LogP contribution is -2.33. The van der Waals surface area contributed by atoms with Gasteiger partial charge in [-0.2, -0.15) is 26.3 Å². The minimum absolute atomic E-state index is 0.00463. The smallest absolute Gasteiger partial charge is 0.387 e. The second-order valence-corrected chi connectivity index (χ2v) is 31.2. The fourth-order valence-corrected chi connectivity index (χ4v) is 13.6. The molecule has 5 N–H and O–H groups in total. The van der Waals surface area contributed by atoms with E-state index in [9.17, 15) is 75.3 Å². The molecule has 0 radical (unpaired) electrons. The van der Waals surface area contributed by atoms with Crippen LogP contribution < -0.4 is 52.5 Å². The average molecular weight is 1910 g/mol. The van der Waals surface area contributed by atoms with Crippen LogP contribution in [0, 0.1) is 20.2 Å². The van der Waals surface area contributed by atoms with Gasteiger partial charge in [0.1, 0.15) is 71.8 Å². The van der Waals surface area contributed by atoms with E-state index >= 15 is 0 Å². The van der Waals surface area contributed by atoms with E-state index in [1.54, 1.807) is 85.1 Å². The van der Waals surface area contributed by atoms with Crippen LogP contribution in [0.25, 0.3) is 50.2 Å². The largest absolute Gasteiger partial charge is 0.477 e. The number of alkyl halides is 6. The van der Waals surface area contributed by atoms with Crippen molar-refractivity contribution in [1.82, 2.24) is 62.3 Å². The Morgan fingerprint density at radius 1 is 0.465 bits per heavy atom. The van der Waals surface area contributed by atoms with Crippen molar-refractivity contribution >= 4 is 155 Å². The number of aromatic nitrogens is 13. The van der Waals surface area contributed by atoms with Gasteiger partial charge in [-0.25, -0.2) is 58.9 Å². The molecule has 129 heavy (non-hydrogen) atoms. The molecule has 1 amide bonds. The summed E-state index contributed by atoms with van der Waals surface area (Å²) in [5, 5.41) is 37.5. The molecule has 0 saturated carbocycles. The number of carbonyl (C=O) groups is 3. The molecular weight excluding hydrogens is 1830 g/mol. The van der Waals surface area contributed by atoms with Gasteiger partial charge < -0.3 is 45.3 Å². The van der Waals surface area contributed by atoms with E-state index in [1.165, 1.54) is 114 Å². The molecule has 13 aromatic rings. The van der Waals surface area contributed by atoms with E-state index in [4.69, 9.17) is 85.2 Å². The summed E-state index contributed by atoms with van der Waals surface area (Å²) in [6, 6.07) is 28.1. The maximum absolute atomic E-state index is 13.1. The third-order valence-electron chi connectivity index (χ3n) is 17.5. The average Bonchev–Trinajstić information content (AvgIpc) is 1.60. The molecule has 46 heteroatoms. The first-order chi connectivity index (χ1) is 60.8. The normalized spacial score (nSPS) is 11.5. The molecule has 11 heterocycles. The minimum Gasteiger partial charge on any atom is -0.477 e. The Morgan fingerprint density at radius 2 is 0.829 bits per heavy atom. The third kappa shape index (κ3) is 26.5. The number of imidazole rings is 3. The lowest BCUT2D eigenvalue weighted by molar-refractivity contribution is -0.385. The predicted octanol–water partition coefficient (Wildman–Crippen LogP) is 19.6. The molecule has 0 aliphatic carbocycles. The zero-order valence-electron chi connectivity index (χ0n) is 70.6. The van der Waals surface area contributed by atoms with E-state index in [2.05, 4.69) is 59.7 Å². The number of carboxylic acids is 1. The molecule has 0 unspecified atom stereocenters. The first-order valence-corrected chi connectivity index (χ1v) is 40.8. The summed E-state index contributed by atoms with van der Waals surface area (Å²) in [4.78, 5) is 122. The van der Waals surface area contributed by atoms with Gasteiger partial charge in [-0.3, -0.25) is 52.4 Å². The molecule has 684 valence electrons. The highest BCUT2D eigenvalue weighted by atomic mass is 35.5. The minimum atomic E-state index is -2.99. The van der Waals surface area contributed by atoms with Crippen molar-refractivity contribution < 1.29 is 74.6 Å². The summed E-state index contributed by atoms with van der Waals surface area (Å²) in [5.41, 5.74) is 11.7. The number of halogens is 12. The number of nitrogens with two attached hydrogens (primary N) is 1. The number of nitrogens with one attached hydrogen (secondary N) is 2. The standard InChI is InChI=1S/C19H19F2N3O4.C17H15F2N3O4.C16H14ClF2N3O2.C10H11ClN2O.C8H10ClN3O2.C8H12ClN3.C5H2Cl2N2O2/c1-4-27-17(25)14-9-15-16(10-22-14)24(19(26)23(15)11(2)3)12-6-5-7-13(8-12)28-18(20)21;1-9(2)21-13-7-12(15(23)24)20-8-14(13)22(17(21)25)10-4-3-5-11(6-10)26-16(18)19;1-9(2)21-12-7-14(17)20-8-13(12)22(16(21)23)10-4-3-5-11(6-10)24-15(18)19;1-6(2)13-8-4-9(11)12-5-7(8)3-10(13)14;1-5(2)11-6-3-8(9)10-4-7(6)12(13)14;1-5(2)12-7-3-8(9)11-4-6(7)10;6-3-1-5(7)8-2-4(3)9(10)11/h5-11,18H,4H2,1-3H3;3-9,16H,1-2H3,(H,23,24);3-9,15H,1-2H3;4-6H,3H2,1-2H3;3-5H,1-2H3,(H,10,11);3-5H,10H2,1-2H3,(H,11,12);1-2H. The maximum Gasteiger partial charge on any atom is 0.387 e. The number of benzene rings is 3. The molecule has 34 nitrogen and oxygen atoms in total. The summed E-state index contributed by atoms with van der Waals surface area (Å²) < 4.78 is 102. The fourth-order valence-electron chi connectivity index (χ4n) is 12.6. The number of fused-ring (bicyclic) bond motifs is 4. The number of hydrogen-bond donors (Lipinski definition) is 4. The van der Waals surface area contributed by atoms with Gasteiger partial charge >= 0.3 is 60.2 Å². The lowest BCUT2D eigenvalue weighted by atomic mass is 10.2. The zero-order chi connectivity index (χ0) is 95.4. The number of hydrogen-bond acceptors (Lipinski definition) is 24. The van der Waals surface area contributed by atoms with E-state index in [1.807, 2.05) is 69.2 Å². The maximum atomic E-state index is 13.1. The zero-order valence-corrected chi connectivity index (χ0v) is 75.1. The van der Waals surface area contributed by atoms with Gasteiger partial charge in [-0.15, -0.1) is 0 Å². The Kier molecular flexibility index (Phi) is 35.7. The van der Waals surface area contributed by atoms with Gasteiger partial charge in [0.05, 0.1) is 115 Å². The molecule has 3 aromatic carbocycles. The topological polar surface area (TPSA) is 419 Å². The quantitative estimate of drug-likeness (QED) is 0.0161. The van der Waals surface area contributed by atoms with Crippen LogP contribution in [0.2, 0.25) is 30.8 Å². The van der Waals surface area contributed by atoms with Crippen molar-refractivity contribution in [1.29, 1.82) is 0 Å². The number of rotatable bonds is 22. The van der Waals surface area contributed by atoms with Gasteiger partial charge in [0.15, 0.2) is 5.69 Å². The SMILES string of the molecule is CC(C)N1C(=O)Cc2cnc(Cl)cc21.CC(C)Nc1cc(Cl)ncc1N.CC(C)Nc1cc(Cl)ncc1[N+](=O)[O-].CC(C)n1c(=O)n(-c2cccc(OC(F)F)c2)c2cnc(C(=O)O)cc21.CC(C)n1c(=O)n(-c2cccc(OC(F)F)c2)c2cnc(Cl)cc21.CCOC(=O)c1cc2c(cn1)n(-c1cccc(OC(F)F)c1)c(=O)n2C(C)C.O=[N+]([O-])c1cnc(Cl)cc1Cl. The van der Waals surface area contributed by atoms with Crippen molar-refractivity contribution in [2.45, 2.75) is 153 Å². The molecule has 0 fully saturated rings. The molecule has 0 bridgehead atoms. The van der Waals surface area contributed by atoms with Crippen LogP contribution in [0.15, 0.2) is 173 Å². The van der Waals surface area contributed by atoms with Crippen molar-refractivity contribution in [2.75, 3.05) is 27.9 Å². The summed E-state index contributed by atoms with van der Waals surface area (Å²) in [5.74, 6) is -1.87. The summed E-state index contributed by atoms with van der Waals surface area (Å²) in [7, 11) is 0.